The van der Waals surface area contributed by atoms with Gasteiger partial charge in [0.1, 0.15) is 11.6 Å². The zero-order valence-electron chi connectivity index (χ0n) is 13.8. The number of carbonyl (C=O) groups excluding carboxylic acids is 1. The number of carbonyl (C=O) groups is 1. The van der Waals surface area contributed by atoms with E-state index in [0.717, 1.165) is 0 Å². The summed E-state index contributed by atoms with van der Waals surface area (Å²) in [4.78, 5) is 12.4. The molecule has 1 atom stereocenters. The number of nitrogens with two attached hydrogens (primary N) is 2. The van der Waals surface area contributed by atoms with E-state index in [0.29, 0.717) is 16.9 Å². The van der Waals surface area contributed by atoms with Gasteiger partial charge in [-0.3, -0.25) is 0 Å². The molecule has 0 saturated heterocycles. The van der Waals surface area contributed by atoms with Crippen molar-refractivity contribution in [1.29, 1.82) is 0 Å². The topological polar surface area (TPSA) is 108 Å². The lowest BCUT2D eigenvalue weighted by atomic mass is 10.0. The predicted molar refractivity (Wildman–Crippen MR) is 96.7 cm³/mol. The molecule has 0 aliphatic carbocycles. The van der Waals surface area contributed by atoms with Gasteiger partial charge in [0, 0.05) is 23.6 Å². The molecule has 1 unspecified atom stereocenters. The fraction of sp³-hybridized carbons (Fsp3) is 0.312. The largest absolute Gasteiger partial charge is 0.459 e. The van der Waals surface area contributed by atoms with Crippen LogP contribution >= 0.6 is 12.2 Å². The first-order chi connectivity index (χ1) is 11.2. The van der Waals surface area contributed by atoms with Crippen LogP contribution in [-0.4, -0.2) is 26.5 Å². The molecule has 0 fully saturated rings. The predicted octanol–water partition coefficient (Wildman–Crippen LogP) is 1.87. The molecule has 0 bridgehead atoms. The minimum absolute atomic E-state index is 0.124. The van der Waals surface area contributed by atoms with Crippen LogP contribution in [0.1, 0.15) is 32.4 Å². The highest BCUT2D eigenvalue weighted by Gasteiger charge is 2.26. The van der Waals surface area contributed by atoms with E-state index in [9.17, 15) is 4.79 Å². The van der Waals surface area contributed by atoms with Crippen LogP contribution in [0, 0.1) is 0 Å². The third-order valence-corrected chi connectivity index (χ3v) is 3.14. The monoisotopic (exact) mass is 347 g/mol. The minimum atomic E-state index is -0.975. The molecule has 1 aromatic carbocycles. The first-order valence-electron chi connectivity index (χ1n) is 7.36. The zero-order valence-corrected chi connectivity index (χ0v) is 14.6. The molecule has 0 amide bonds. The van der Waals surface area contributed by atoms with E-state index in [2.05, 4.69) is 10.4 Å². The molecule has 0 aliphatic rings. The van der Waals surface area contributed by atoms with Crippen LogP contribution in [0.25, 0.3) is 5.69 Å². The maximum Gasteiger partial charge on any atom is 0.328 e. The number of hydrogen-bond acceptors (Lipinski definition) is 5. The Labute approximate surface area is 146 Å². The Morgan fingerprint density at radius 2 is 2.12 bits per heavy atom. The van der Waals surface area contributed by atoms with Crippen LogP contribution in [0.15, 0.2) is 36.7 Å². The minimum Gasteiger partial charge on any atom is -0.459 e. The molecule has 5 N–H and O–H groups in total. The van der Waals surface area contributed by atoms with Crippen LogP contribution in [0.4, 0.5) is 5.69 Å². The summed E-state index contributed by atoms with van der Waals surface area (Å²) in [6.45, 7) is 5.37. The first kappa shape index (κ1) is 17.9. The summed E-state index contributed by atoms with van der Waals surface area (Å²) in [5.41, 5.74) is 12.9. The molecule has 128 valence electrons. The molecule has 8 heteroatoms. The van der Waals surface area contributed by atoms with Gasteiger partial charge in [-0.2, -0.15) is 5.10 Å². The number of benzene rings is 1. The second-order valence-corrected chi connectivity index (χ2v) is 6.66. The molecule has 0 saturated carbocycles. The SMILES string of the molecule is CC(C)(C)OC(=O)C(N)c1cc(NC(N)=S)ccc1-n1cccn1. The normalized spacial score (nSPS) is 12.5. The average Bonchev–Trinajstić information content (AvgIpc) is 2.98. The van der Waals surface area contributed by atoms with E-state index >= 15 is 0 Å². The van der Waals surface area contributed by atoms with Crippen LogP contribution in [-0.2, 0) is 9.53 Å². The average molecular weight is 347 g/mol. The molecular weight excluding hydrogens is 326 g/mol. The maximum atomic E-state index is 12.4. The Morgan fingerprint density at radius 1 is 1.42 bits per heavy atom. The summed E-state index contributed by atoms with van der Waals surface area (Å²) in [7, 11) is 0. The van der Waals surface area contributed by atoms with Gasteiger partial charge in [-0.1, -0.05) is 0 Å². The van der Waals surface area contributed by atoms with Crippen LogP contribution < -0.4 is 16.8 Å². The highest BCUT2D eigenvalue weighted by atomic mass is 32.1. The number of ether oxygens (including phenoxy) is 1. The molecule has 7 nitrogen and oxygen atoms in total. The third kappa shape index (κ3) is 4.53. The summed E-state index contributed by atoms with van der Waals surface area (Å²) in [5, 5.41) is 7.15. The Balaban J connectivity index is 2.43. The van der Waals surface area contributed by atoms with Gasteiger partial charge in [0.15, 0.2) is 5.11 Å². The lowest BCUT2D eigenvalue weighted by Crippen LogP contribution is -2.32. The van der Waals surface area contributed by atoms with Gasteiger partial charge in [-0.15, -0.1) is 0 Å². The van der Waals surface area contributed by atoms with E-state index < -0.39 is 17.6 Å². The fourth-order valence-electron chi connectivity index (χ4n) is 2.14. The van der Waals surface area contributed by atoms with Crippen molar-refractivity contribution in [2.45, 2.75) is 32.4 Å². The molecule has 1 aromatic heterocycles. The summed E-state index contributed by atoms with van der Waals surface area (Å²) in [5.74, 6) is -0.525. The van der Waals surface area contributed by atoms with Gasteiger partial charge >= 0.3 is 5.97 Å². The van der Waals surface area contributed by atoms with Crippen LogP contribution in [0.3, 0.4) is 0 Å². The Kier molecular flexibility index (Phi) is 5.20. The van der Waals surface area contributed by atoms with E-state index in [-0.39, 0.29) is 5.11 Å². The van der Waals surface area contributed by atoms with Crippen molar-refractivity contribution in [2.24, 2.45) is 11.5 Å². The molecule has 0 radical (unpaired) electrons. The highest BCUT2D eigenvalue weighted by molar-refractivity contribution is 7.80. The molecule has 1 heterocycles. The molecule has 0 aliphatic heterocycles. The summed E-state index contributed by atoms with van der Waals surface area (Å²) >= 11 is 4.85. The number of nitrogens with zero attached hydrogens (tertiary/aromatic N) is 2. The number of nitrogens with one attached hydrogen (secondary N) is 1. The Morgan fingerprint density at radius 3 is 2.67 bits per heavy atom. The van der Waals surface area contributed by atoms with Gasteiger partial charge in [-0.05, 0) is 57.3 Å². The summed E-state index contributed by atoms with van der Waals surface area (Å²) in [6.07, 6.45) is 3.41. The fourth-order valence-corrected chi connectivity index (χ4v) is 2.25. The van der Waals surface area contributed by atoms with Gasteiger partial charge in [0.05, 0.1) is 5.69 Å². The van der Waals surface area contributed by atoms with E-state index in [1.807, 2.05) is 0 Å². The van der Waals surface area contributed by atoms with Crippen molar-refractivity contribution in [3.63, 3.8) is 0 Å². The molecule has 2 aromatic rings. The lowest BCUT2D eigenvalue weighted by molar-refractivity contribution is -0.156. The third-order valence-electron chi connectivity index (χ3n) is 3.04. The second-order valence-electron chi connectivity index (χ2n) is 6.22. The number of aromatic nitrogens is 2. The van der Waals surface area contributed by atoms with Gasteiger partial charge in [-0.25, -0.2) is 9.48 Å². The molecule has 0 spiro atoms. The van der Waals surface area contributed by atoms with Crippen molar-refractivity contribution < 1.29 is 9.53 Å². The quantitative estimate of drug-likeness (QED) is 0.572. The maximum absolute atomic E-state index is 12.4. The van der Waals surface area contributed by atoms with Crippen LogP contribution in [0.5, 0.6) is 0 Å². The molecular formula is C16H21N5O2S. The molecule has 2 rings (SSSR count). The van der Waals surface area contributed by atoms with Crippen molar-refractivity contribution >= 4 is 29.0 Å². The van der Waals surface area contributed by atoms with E-state index in [1.165, 1.54) is 0 Å². The van der Waals surface area contributed by atoms with Gasteiger partial charge in [0.25, 0.3) is 0 Å². The Bertz CT molecular complexity index is 737. The van der Waals surface area contributed by atoms with Crippen molar-refractivity contribution in [3.05, 3.63) is 42.2 Å². The lowest BCUT2D eigenvalue weighted by Gasteiger charge is -2.23. The number of anilines is 1. The molecule has 24 heavy (non-hydrogen) atoms. The smallest absolute Gasteiger partial charge is 0.328 e. The van der Waals surface area contributed by atoms with Crippen molar-refractivity contribution in [1.82, 2.24) is 9.78 Å². The zero-order chi connectivity index (χ0) is 17.9. The van der Waals surface area contributed by atoms with Gasteiger partial charge in [0.2, 0.25) is 0 Å². The van der Waals surface area contributed by atoms with Gasteiger partial charge < -0.3 is 21.5 Å². The number of hydrogen-bond donors (Lipinski definition) is 3. The Hall–Kier alpha value is -2.45. The van der Waals surface area contributed by atoms with E-state index in [4.69, 9.17) is 28.4 Å². The first-order valence-corrected chi connectivity index (χ1v) is 7.77. The standard InChI is InChI=1S/C16H21N5O2S/c1-16(2,3)23-14(22)13(17)11-9-10(20-15(18)24)5-6-12(11)21-8-4-7-19-21/h4-9,13H,17H2,1-3H3,(H3,18,20,24). The van der Waals surface area contributed by atoms with Crippen molar-refractivity contribution in [3.8, 4) is 5.69 Å². The van der Waals surface area contributed by atoms with Crippen molar-refractivity contribution in [2.75, 3.05) is 5.32 Å². The van der Waals surface area contributed by atoms with Crippen LogP contribution in [0.2, 0.25) is 0 Å². The number of thiocarbonyl (C=S) groups is 1. The van der Waals surface area contributed by atoms with E-state index in [1.54, 1.807) is 62.1 Å². The summed E-state index contributed by atoms with van der Waals surface area (Å²) in [6, 6.07) is 6.08. The number of esters is 1. The highest BCUT2D eigenvalue weighted by Crippen LogP contribution is 2.26. The number of rotatable bonds is 4. The summed E-state index contributed by atoms with van der Waals surface area (Å²) < 4.78 is 7.01. The second kappa shape index (κ2) is 6.98.